The molecule has 27 heavy (non-hydrogen) atoms. The van der Waals surface area contributed by atoms with Crippen LogP contribution in [-0.2, 0) is 11.3 Å². The van der Waals surface area contributed by atoms with Crippen LogP contribution in [0.3, 0.4) is 0 Å². The molecule has 0 aromatic heterocycles. The van der Waals surface area contributed by atoms with Crippen molar-refractivity contribution in [2.75, 3.05) is 26.3 Å². The van der Waals surface area contributed by atoms with Crippen molar-refractivity contribution in [2.45, 2.75) is 52.5 Å². The van der Waals surface area contributed by atoms with Gasteiger partial charge in [0.1, 0.15) is 0 Å². The molecular weight excluding hydrogens is 451 g/mol. The zero-order valence-electron chi connectivity index (χ0n) is 16.6. The Labute approximate surface area is 181 Å². The van der Waals surface area contributed by atoms with Crippen LogP contribution in [0, 0.1) is 16.7 Å². The molecule has 0 radical (unpaired) electrons. The van der Waals surface area contributed by atoms with Gasteiger partial charge < -0.3 is 15.4 Å². The monoisotopic (exact) mass is 484 g/mol. The third-order valence-electron chi connectivity index (χ3n) is 5.12. The predicted molar refractivity (Wildman–Crippen MR) is 121 cm³/mol. The summed E-state index contributed by atoms with van der Waals surface area (Å²) in [7, 11) is 0. The molecule has 0 atom stereocenters. The standard InChI is InChI=1S/C21H32N4O.HI/c1-3-23-20(24-16-19-9-7-18(15-22)8-10-19)25-17-21(11-5-6-12-21)13-14-26-4-2;/h7-10H,3-6,11-14,16-17H2,1-2H3,(H2,23,24,25);1H. The maximum absolute atomic E-state index is 8.89. The molecule has 1 aliphatic rings. The van der Waals surface area contributed by atoms with Crippen LogP contribution in [-0.4, -0.2) is 32.3 Å². The van der Waals surface area contributed by atoms with Gasteiger partial charge in [0.2, 0.25) is 0 Å². The number of nitrogens with zero attached hydrogens (tertiary/aromatic N) is 2. The van der Waals surface area contributed by atoms with E-state index >= 15 is 0 Å². The van der Waals surface area contributed by atoms with Crippen molar-refractivity contribution in [3.05, 3.63) is 35.4 Å². The quantitative estimate of drug-likeness (QED) is 0.238. The Hall–Kier alpha value is -1.33. The van der Waals surface area contributed by atoms with Crippen LogP contribution < -0.4 is 10.6 Å². The molecule has 6 heteroatoms. The molecule has 1 aliphatic carbocycles. The van der Waals surface area contributed by atoms with Gasteiger partial charge in [0, 0.05) is 26.3 Å². The molecule has 0 bridgehead atoms. The Morgan fingerprint density at radius 2 is 1.89 bits per heavy atom. The van der Waals surface area contributed by atoms with Crippen LogP contribution in [0.4, 0.5) is 0 Å². The van der Waals surface area contributed by atoms with Crippen LogP contribution >= 0.6 is 24.0 Å². The van der Waals surface area contributed by atoms with Crippen LogP contribution in [0.5, 0.6) is 0 Å². The minimum Gasteiger partial charge on any atom is -0.382 e. The second-order valence-corrected chi connectivity index (χ2v) is 7.01. The summed E-state index contributed by atoms with van der Waals surface area (Å²) in [6, 6.07) is 9.75. The molecule has 0 amide bonds. The summed E-state index contributed by atoms with van der Waals surface area (Å²) in [4.78, 5) is 4.71. The minimum absolute atomic E-state index is 0. The molecular formula is C21H33IN4O. The molecule has 5 nitrogen and oxygen atoms in total. The van der Waals surface area contributed by atoms with E-state index in [0.29, 0.717) is 17.5 Å². The largest absolute Gasteiger partial charge is 0.382 e. The van der Waals surface area contributed by atoms with Crippen LogP contribution in [0.25, 0.3) is 0 Å². The number of benzene rings is 1. The van der Waals surface area contributed by atoms with E-state index in [1.807, 2.05) is 24.3 Å². The van der Waals surface area contributed by atoms with E-state index in [4.69, 9.17) is 15.0 Å². The highest BCUT2D eigenvalue weighted by Gasteiger charge is 2.33. The van der Waals surface area contributed by atoms with E-state index in [1.165, 1.54) is 25.7 Å². The molecule has 1 saturated carbocycles. The molecule has 1 fully saturated rings. The first kappa shape index (κ1) is 23.7. The number of nitriles is 1. The SMILES string of the molecule is CCNC(=NCc1ccc(C#N)cc1)NCC1(CCOCC)CCCC1.I. The lowest BCUT2D eigenvalue weighted by molar-refractivity contribution is 0.105. The molecule has 0 aliphatic heterocycles. The molecule has 0 heterocycles. The molecule has 0 unspecified atom stereocenters. The Kier molecular flexibility index (Phi) is 11.4. The van der Waals surface area contributed by atoms with Crippen LogP contribution in [0.1, 0.15) is 57.1 Å². The van der Waals surface area contributed by atoms with Crippen molar-refractivity contribution in [1.29, 1.82) is 5.26 Å². The summed E-state index contributed by atoms with van der Waals surface area (Å²) in [5.41, 5.74) is 2.12. The van der Waals surface area contributed by atoms with Crippen molar-refractivity contribution < 1.29 is 4.74 Å². The first-order valence-electron chi connectivity index (χ1n) is 9.80. The Morgan fingerprint density at radius 3 is 2.48 bits per heavy atom. The van der Waals surface area contributed by atoms with Crippen molar-refractivity contribution in [3.63, 3.8) is 0 Å². The van der Waals surface area contributed by atoms with E-state index in [9.17, 15) is 0 Å². The molecule has 1 aromatic carbocycles. The summed E-state index contributed by atoms with van der Waals surface area (Å²) in [6.45, 7) is 8.16. The molecule has 2 N–H and O–H groups in total. The average Bonchev–Trinajstić information content (AvgIpc) is 3.14. The fourth-order valence-electron chi connectivity index (χ4n) is 3.54. The average molecular weight is 484 g/mol. The van der Waals surface area contributed by atoms with Gasteiger partial charge in [-0.25, -0.2) is 4.99 Å². The third kappa shape index (κ3) is 8.06. The molecule has 2 rings (SSSR count). The number of guanidine groups is 1. The fourth-order valence-corrected chi connectivity index (χ4v) is 3.54. The maximum Gasteiger partial charge on any atom is 0.191 e. The number of hydrogen-bond acceptors (Lipinski definition) is 3. The van der Waals surface area contributed by atoms with Gasteiger partial charge in [0.15, 0.2) is 5.96 Å². The summed E-state index contributed by atoms with van der Waals surface area (Å²) < 4.78 is 5.60. The Balaban J connectivity index is 0.00000364. The lowest BCUT2D eigenvalue weighted by Gasteiger charge is -2.30. The zero-order valence-corrected chi connectivity index (χ0v) is 18.9. The lowest BCUT2D eigenvalue weighted by Crippen LogP contribution is -2.43. The highest BCUT2D eigenvalue weighted by molar-refractivity contribution is 14.0. The predicted octanol–water partition coefficient (Wildman–Crippen LogP) is 4.22. The van der Waals surface area contributed by atoms with Crippen LogP contribution in [0.15, 0.2) is 29.3 Å². The van der Waals surface area contributed by atoms with Gasteiger partial charge >= 0.3 is 0 Å². The molecule has 150 valence electrons. The Morgan fingerprint density at radius 1 is 1.19 bits per heavy atom. The minimum atomic E-state index is 0. The highest BCUT2D eigenvalue weighted by Crippen LogP contribution is 2.40. The topological polar surface area (TPSA) is 69.4 Å². The van der Waals surface area contributed by atoms with Gasteiger partial charge in [-0.1, -0.05) is 25.0 Å². The van der Waals surface area contributed by atoms with Crippen molar-refractivity contribution in [2.24, 2.45) is 10.4 Å². The van der Waals surface area contributed by atoms with E-state index in [0.717, 1.165) is 44.2 Å². The number of aliphatic imine (C=N–C) groups is 1. The molecule has 0 spiro atoms. The van der Waals surface area contributed by atoms with Gasteiger partial charge in [-0.05, 0) is 56.2 Å². The van der Waals surface area contributed by atoms with E-state index in [2.05, 4.69) is 30.6 Å². The van der Waals surface area contributed by atoms with E-state index in [1.54, 1.807) is 0 Å². The second-order valence-electron chi connectivity index (χ2n) is 7.01. The van der Waals surface area contributed by atoms with Crippen molar-refractivity contribution >= 4 is 29.9 Å². The van der Waals surface area contributed by atoms with E-state index in [-0.39, 0.29) is 24.0 Å². The lowest BCUT2D eigenvalue weighted by atomic mass is 9.83. The summed E-state index contributed by atoms with van der Waals surface area (Å²) in [5.74, 6) is 0.861. The van der Waals surface area contributed by atoms with Gasteiger partial charge in [-0.2, -0.15) is 5.26 Å². The van der Waals surface area contributed by atoms with Crippen molar-refractivity contribution in [3.8, 4) is 6.07 Å². The van der Waals surface area contributed by atoms with E-state index < -0.39 is 0 Å². The van der Waals surface area contributed by atoms with Crippen LogP contribution in [0.2, 0.25) is 0 Å². The molecule has 1 aromatic rings. The third-order valence-corrected chi connectivity index (χ3v) is 5.12. The van der Waals surface area contributed by atoms with Gasteiger partial charge in [-0.15, -0.1) is 24.0 Å². The smallest absolute Gasteiger partial charge is 0.191 e. The first-order valence-corrected chi connectivity index (χ1v) is 9.80. The normalized spacial score (nSPS) is 15.7. The highest BCUT2D eigenvalue weighted by atomic mass is 127. The summed E-state index contributed by atoms with van der Waals surface area (Å²) in [5, 5.41) is 15.8. The first-order chi connectivity index (χ1) is 12.7. The van der Waals surface area contributed by atoms with Gasteiger partial charge in [-0.3, -0.25) is 0 Å². The number of nitrogens with one attached hydrogen (secondary N) is 2. The maximum atomic E-state index is 8.89. The molecule has 0 saturated heterocycles. The summed E-state index contributed by atoms with van der Waals surface area (Å²) in [6.07, 6.45) is 6.27. The van der Waals surface area contributed by atoms with Gasteiger partial charge in [0.25, 0.3) is 0 Å². The second kappa shape index (κ2) is 12.9. The number of rotatable bonds is 9. The number of hydrogen-bond donors (Lipinski definition) is 2. The van der Waals surface area contributed by atoms with Gasteiger partial charge in [0.05, 0.1) is 18.2 Å². The number of halogens is 1. The summed E-state index contributed by atoms with van der Waals surface area (Å²) >= 11 is 0. The van der Waals surface area contributed by atoms with Crippen molar-refractivity contribution in [1.82, 2.24) is 10.6 Å². The number of ether oxygens (including phenoxy) is 1. The fraction of sp³-hybridized carbons (Fsp3) is 0.619. The Bertz CT molecular complexity index is 604. The zero-order chi connectivity index (χ0) is 18.7.